The standard InChI is InChI=1S/C21H19ClN4OS/c1-13(2)16-12-28-21(23-16)25-19(27)11-17-20(14-6-8-15(22)9-7-14)24-18-5-3-4-10-26(17)18/h3-10,12-13H,11H2,1-2H3,(H,23,25,27). The number of benzene rings is 1. The molecule has 4 aromatic rings. The maximum Gasteiger partial charge on any atom is 0.232 e. The van der Waals surface area contributed by atoms with Gasteiger partial charge in [-0.1, -0.05) is 43.6 Å². The number of nitrogens with one attached hydrogen (secondary N) is 1. The van der Waals surface area contributed by atoms with E-state index in [0.717, 1.165) is 28.3 Å². The zero-order valence-corrected chi connectivity index (χ0v) is 17.1. The van der Waals surface area contributed by atoms with E-state index in [1.165, 1.54) is 11.3 Å². The number of anilines is 1. The number of hydrogen-bond donors (Lipinski definition) is 1. The molecular formula is C21H19ClN4OS. The molecule has 0 saturated carbocycles. The Morgan fingerprint density at radius 2 is 1.96 bits per heavy atom. The van der Waals surface area contributed by atoms with Crippen LogP contribution < -0.4 is 5.32 Å². The molecule has 0 unspecified atom stereocenters. The highest BCUT2D eigenvalue weighted by Crippen LogP contribution is 2.27. The summed E-state index contributed by atoms with van der Waals surface area (Å²) in [4.78, 5) is 21.9. The Morgan fingerprint density at radius 3 is 2.68 bits per heavy atom. The van der Waals surface area contributed by atoms with Gasteiger partial charge in [-0.05, 0) is 30.2 Å². The summed E-state index contributed by atoms with van der Waals surface area (Å²) in [5.74, 6) is 0.211. The van der Waals surface area contributed by atoms with Crippen molar-refractivity contribution in [3.05, 3.63) is 70.5 Å². The third kappa shape index (κ3) is 3.79. The van der Waals surface area contributed by atoms with Crippen LogP contribution in [0.25, 0.3) is 16.9 Å². The van der Waals surface area contributed by atoms with Gasteiger partial charge < -0.3 is 9.72 Å². The number of nitrogens with zero attached hydrogens (tertiary/aromatic N) is 3. The molecule has 0 aliphatic rings. The Labute approximate surface area is 172 Å². The number of imidazole rings is 1. The van der Waals surface area contributed by atoms with E-state index >= 15 is 0 Å². The average molecular weight is 411 g/mol. The molecule has 0 radical (unpaired) electrons. The summed E-state index contributed by atoms with van der Waals surface area (Å²) >= 11 is 7.47. The van der Waals surface area contributed by atoms with Crippen LogP contribution in [0.4, 0.5) is 5.13 Å². The molecule has 1 aromatic carbocycles. The smallest absolute Gasteiger partial charge is 0.232 e. The van der Waals surface area contributed by atoms with E-state index in [9.17, 15) is 4.79 Å². The minimum atomic E-state index is -0.120. The third-order valence-electron chi connectivity index (χ3n) is 4.43. The van der Waals surface area contributed by atoms with Crippen molar-refractivity contribution >= 4 is 39.6 Å². The first-order chi connectivity index (χ1) is 13.5. The summed E-state index contributed by atoms with van der Waals surface area (Å²) in [6.45, 7) is 4.16. The van der Waals surface area contributed by atoms with E-state index in [-0.39, 0.29) is 12.3 Å². The largest absolute Gasteiger partial charge is 0.303 e. The zero-order valence-electron chi connectivity index (χ0n) is 15.5. The van der Waals surface area contributed by atoms with Gasteiger partial charge in [-0.15, -0.1) is 11.3 Å². The highest BCUT2D eigenvalue weighted by atomic mass is 35.5. The molecule has 0 spiro atoms. The number of aromatic nitrogens is 3. The summed E-state index contributed by atoms with van der Waals surface area (Å²) in [6, 6.07) is 13.3. The van der Waals surface area contributed by atoms with Crippen LogP contribution in [0.1, 0.15) is 31.2 Å². The zero-order chi connectivity index (χ0) is 19.7. The van der Waals surface area contributed by atoms with E-state index in [0.29, 0.717) is 16.1 Å². The molecule has 0 aliphatic carbocycles. The van der Waals surface area contributed by atoms with Gasteiger partial charge in [0, 0.05) is 22.2 Å². The van der Waals surface area contributed by atoms with Crippen LogP contribution in [0.3, 0.4) is 0 Å². The van der Waals surface area contributed by atoms with Crippen molar-refractivity contribution in [2.45, 2.75) is 26.2 Å². The van der Waals surface area contributed by atoms with Gasteiger partial charge in [0.15, 0.2) is 5.13 Å². The highest BCUT2D eigenvalue weighted by molar-refractivity contribution is 7.13. The average Bonchev–Trinajstić information content (AvgIpc) is 3.28. The molecule has 1 amide bonds. The fourth-order valence-corrected chi connectivity index (χ4v) is 3.99. The molecule has 3 heterocycles. The Morgan fingerprint density at radius 1 is 1.18 bits per heavy atom. The second-order valence-electron chi connectivity index (χ2n) is 6.80. The van der Waals surface area contributed by atoms with Crippen LogP contribution in [0.5, 0.6) is 0 Å². The number of rotatable bonds is 5. The number of thiazole rings is 1. The first kappa shape index (κ1) is 18.7. The fourth-order valence-electron chi connectivity index (χ4n) is 2.98. The monoisotopic (exact) mass is 410 g/mol. The number of carbonyl (C=O) groups is 1. The van der Waals surface area contributed by atoms with Crippen LogP contribution in [-0.2, 0) is 11.2 Å². The molecule has 7 heteroatoms. The van der Waals surface area contributed by atoms with Gasteiger partial charge in [-0.3, -0.25) is 4.79 Å². The topological polar surface area (TPSA) is 59.3 Å². The second kappa shape index (κ2) is 7.73. The third-order valence-corrected chi connectivity index (χ3v) is 5.46. The van der Waals surface area contributed by atoms with Crippen LogP contribution in [-0.4, -0.2) is 20.3 Å². The maximum absolute atomic E-state index is 12.7. The summed E-state index contributed by atoms with van der Waals surface area (Å²) in [7, 11) is 0. The normalized spacial score (nSPS) is 11.3. The van der Waals surface area contributed by atoms with Gasteiger partial charge in [0.25, 0.3) is 0 Å². The van der Waals surface area contributed by atoms with Crippen molar-refractivity contribution in [2.24, 2.45) is 0 Å². The number of carbonyl (C=O) groups excluding carboxylic acids is 1. The van der Waals surface area contributed by atoms with E-state index < -0.39 is 0 Å². The molecule has 4 rings (SSSR count). The molecule has 5 nitrogen and oxygen atoms in total. The molecule has 0 aliphatic heterocycles. The number of hydrogen-bond acceptors (Lipinski definition) is 4. The number of amides is 1. The summed E-state index contributed by atoms with van der Waals surface area (Å²) < 4.78 is 1.95. The van der Waals surface area contributed by atoms with Crippen molar-refractivity contribution in [1.29, 1.82) is 0 Å². The molecule has 1 N–H and O–H groups in total. The van der Waals surface area contributed by atoms with E-state index in [4.69, 9.17) is 16.6 Å². The van der Waals surface area contributed by atoms with Crippen molar-refractivity contribution in [1.82, 2.24) is 14.4 Å². The highest BCUT2D eigenvalue weighted by Gasteiger charge is 2.18. The molecule has 142 valence electrons. The molecule has 0 bridgehead atoms. The minimum absolute atomic E-state index is 0.120. The lowest BCUT2D eigenvalue weighted by molar-refractivity contribution is -0.115. The number of pyridine rings is 1. The Balaban J connectivity index is 1.65. The van der Waals surface area contributed by atoms with Crippen LogP contribution >= 0.6 is 22.9 Å². The predicted octanol–water partition coefficient (Wildman–Crippen LogP) is 5.42. The molecule has 0 fully saturated rings. The Kier molecular flexibility index (Phi) is 5.15. The summed E-state index contributed by atoms with van der Waals surface area (Å²) in [5.41, 5.74) is 4.31. The van der Waals surface area contributed by atoms with Crippen molar-refractivity contribution in [3.63, 3.8) is 0 Å². The predicted molar refractivity (Wildman–Crippen MR) is 114 cm³/mol. The first-order valence-electron chi connectivity index (χ1n) is 8.98. The van der Waals surface area contributed by atoms with Crippen molar-refractivity contribution < 1.29 is 4.79 Å². The van der Waals surface area contributed by atoms with Gasteiger partial charge in [-0.25, -0.2) is 9.97 Å². The van der Waals surface area contributed by atoms with E-state index in [1.54, 1.807) is 0 Å². The minimum Gasteiger partial charge on any atom is -0.303 e. The van der Waals surface area contributed by atoms with Crippen molar-refractivity contribution in [3.8, 4) is 11.3 Å². The molecule has 0 atom stereocenters. The molecule has 3 aromatic heterocycles. The molecule has 28 heavy (non-hydrogen) atoms. The van der Waals surface area contributed by atoms with Gasteiger partial charge in [0.1, 0.15) is 5.65 Å². The van der Waals surface area contributed by atoms with E-state index in [1.807, 2.05) is 58.4 Å². The maximum atomic E-state index is 12.7. The lowest BCUT2D eigenvalue weighted by atomic mass is 10.1. The van der Waals surface area contributed by atoms with E-state index in [2.05, 4.69) is 24.1 Å². The van der Waals surface area contributed by atoms with Gasteiger partial charge in [0.05, 0.1) is 23.5 Å². The summed E-state index contributed by atoms with van der Waals surface area (Å²) in [6.07, 6.45) is 2.12. The molecule has 0 saturated heterocycles. The lowest BCUT2D eigenvalue weighted by Gasteiger charge is -2.06. The number of halogens is 1. The fraction of sp³-hybridized carbons (Fsp3) is 0.190. The second-order valence-corrected chi connectivity index (χ2v) is 8.09. The van der Waals surface area contributed by atoms with Crippen LogP contribution in [0, 0.1) is 0 Å². The quantitative estimate of drug-likeness (QED) is 0.478. The first-order valence-corrected chi connectivity index (χ1v) is 10.2. The van der Waals surface area contributed by atoms with Crippen LogP contribution in [0.15, 0.2) is 54.0 Å². The Hall–Kier alpha value is -2.70. The number of fused-ring (bicyclic) bond motifs is 1. The summed E-state index contributed by atoms with van der Waals surface area (Å²) in [5, 5.41) is 6.18. The Bertz CT molecular complexity index is 1130. The molecular weight excluding hydrogens is 392 g/mol. The lowest BCUT2D eigenvalue weighted by Crippen LogP contribution is -2.16. The van der Waals surface area contributed by atoms with Gasteiger partial charge in [0.2, 0.25) is 5.91 Å². The van der Waals surface area contributed by atoms with Gasteiger partial charge in [-0.2, -0.15) is 0 Å². The SMILES string of the molecule is CC(C)c1csc(NC(=O)Cc2c(-c3ccc(Cl)cc3)nc3ccccn23)n1. The van der Waals surface area contributed by atoms with Gasteiger partial charge >= 0.3 is 0 Å². The van der Waals surface area contributed by atoms with Crippen molar-refractivity contribution in [2.75, 3.05) is 5.32 Å². The van der Waals surface area contributed by atoms with Crippen LogP contribution in [0.2, 0.25) is 5.02 Å².